The molecule has 0 radical (unpaired) electrons. The van der Waals surface area contributed by atoms with Crippen LogP contribution in [0.1, 0.15) is 20.8 Å². The molecule has 0 aliphatic rings. The molecule has 1 aromatic carbocycles. The van der Waals surface area contributed by atoms with Crippen molar-refractivity contribution in [1.82, 2.24) is 0 Å². The summed E-state index contributed by atoms with van der Waals surface area (Å²) in [5, 5.41) is 2.74. The van der Waals surface area contributed by atoms with E-state index >= 15 is 0 Å². The summed E-state index contributed by atoms with van der Waals surface area (Å²) in [6.45, 7) is 6.55. The molecule has 0 bridgehead atoms. The van der Waals surface area contributed by atoms with Gasteiger partial charge in [-0.1, -0.05) is 0 Å². The van der Waals surface area contributed by atoms with E-state index in [1.54, 1.807) is 32.2 Å². The molecule has 0 heterocycles. The zero-order valence-corrected chi connectivity index (χ0v) is 13.0. The van der Waals surface area contributed by atoms with Gasteiger partial charge < -0.3 is 25.3 Å². The highest BCUT2D eigenvalue weighted by Crippen LogP contribution is 2.24. The summed E-state index contributed by atoms with van der Waals surface area (Å²) in [4.78, 5) is 12.1. The second kappa shape index (κ2) is 8.49. The molecule has 0 spiro atoms. The number of rotatable bonds is 8. The molecule has 1 aromatic rings. The number of nitrogens with two attached hydrogens (primary N) is 1. The first-order valence-corrected chi connectivity index (χ1v) is 6.95. The molecule has 21 heavy (non-hydrogen) atoms. The smallest absolute Gasteiger partial charge is 0.253 e. The maximum atomic E-state index is 12.1. The summed E-state index contributed by atoms with van der Waals surface area (Å²) >= 11 is 0. The van der Waals surface area contributed by atoms with E-state index in [0.29, 0.717) is 30.3 Å². The Hall–Kier alpha value is -1.79. The number of anilines is 2. The van der Waals surface area contributed by atoms with Gasteiger partial charge in [0.1, 0.15) is 11.9 Å². The van der Waals surface area contributed by atoms with Gasteiger partial charge in [-0.25, -0.2) is 0 Å². The van der Waals surface area contributed by atoms with Crippen LogP contribution in [-0.4, -0.2) is 38.4 Å². The van der Waals surface area contributed by atoms with Crippen LogP contribution in [0.25, 0.3) is 0 Å². The van der Waals surface area contributed by atoms with Crippen LogP contribution in [-0.2, 0) is 14.3 Å². The van der Waals surface area contributed by atoms with Crippen molar-refractivity contribution in [1.29, 1.82) is 0 Å². The number of carbonyl (C=O) groups excluding carboxylic acids is 1. The van der Waals surface area contributed by atoms with Crippen LogP contribution in [0.15, 0.2) is 18.2 Å². The molecule has 6 nitrogen and oxygen atoms in total. The van der Waals surface area contributed by atoms with Crippen LogP contribution in [0.3, 0.4) is 0 Å². The van der Waals surface area contributed by atoms with E-state index in [0.717, 1.165) is 0 Å². The molecule has 118 valence electrons. The van der Waals surface area contributed by atoms with Gasteiger partial charge in [0, 0.05) is 12.7 Å². The normalized spacial score (nSPS) is 13.5. The monoisotopic (exact) mass is 296 g/mol. The lowest BCUT2D eigenvalue weighted by molar-refractivity contribution is -0.131. The summed E-state index contributed by atoms with van der Waals surface area (Å²) < 4.78 is 15.9. The fraction of sp³-hybridized carbons (Fsp3) is 0.533. The van der Waals surface area contributed by atoms with E-state index in [4.69, 9.17) is 19.9 Å². The minimum atomic E-state index is -0.595. The van der Waals surface area contributed by atoms with Gasteiger partial charge in [0.15, 0.2) is 0 Å². The highest BCUT2D eigenvalue weighted by atomic mass is 16.5. The number of hydrogen-bond acceptors (Lipinski definition) is 5. The van der Waals surface area contributed by atoms with E-state index in [9.17, 15) is 4.79 Å². The molecule has 0 fully saturated rings. The lowest BCUT2D eigenvalue weighted by Gasteiger charge is -2.19. The summed E-state index contributed by atoms with van der Waals surface area (Å²) in [7, 11) is 1.56. The number of ether oxygens (including phenoxy) is 3. The van der Waals surface area contributed by atoms with Crippen LogP contribution in [0.5, 0.6) is 5.75 Å². The molecule has 3 N–H and O–H groups in total. The van der Waals surface area contributed by atoms with Crippen molar-refractivity contribution in [2.24, 2.45) is 0 Å². The number of carbonyl (C=O) groups is 1. The highest BCUT2D eigenvalue weighted by molar-refractivity contribution is 5.96. The Bertz CT molecular complexity index is 465. The van der Waals surface area contributed by atoms with Gasteiger partial charge in [-0.3, -0.25) is 4.79 Å². The quantitative estimate of drug-likeness (QED) is 0.717. The minimum absolute atomic E-state index is 0.154. The number of methoxy groups -OCH3 is 1. The molecule has 0 aromatic heterocycles. The predicted molar refractivity (Wildman–Crippen MR) is 82.5 cm³/mol. The number of benzene rings is 1. The van der Waals surface area contributed by atoms with Crippen molar-refractivity contribution in [3.05, 3.63) is 18.2 Å². The van der Waals surface area contributed by atoms with Gasteiger partial charge in [0.05, 0.1) is 31.2 Å². The molecule has 1 amide bonds. The molecule has 1 rings (SSSR count). The van der Waals surface area contributed by atoms with Crippen molar-refractivity contribution in [2.45, 2.75) is 33.0 Å². The van der Waals surface area contributed by atoms with Crippen LogP contribution in [0.2, 0.25) is 0 Å². The Kier molecular flexibility index (Phi) is 6.98. The van der Waals surface area contributed by atoms with Crippen molar-refractivity contribution < 1.29 is 19.0 Å². The van der Waals surface area contributed by atoms with Gasteiger partial charge in [0.2, 0.25) is 0 Å². The average molecular weight is 296 g/mol. The first-order valence-electron chi connectivity index (χ1n) is 6.95. The number of amides is 1. The summed E-state index contributed by atoms with van der Waals surface area (Å²) in [5.74, 6) is 0.385. The van der Waals surface area contributed by atoms with E-state index in [-0.39, 0.29) is 12.0 Å². The molecule has 2 unspecified atom stereocenters. The maximum absolute atomic E-state index is 12.1. The van der Waals surface area contributed by atoms with Gasteiger partial charge in [-0.15, -0.1) is 0 Å². The molecular formula is C15H24N2O4. The minimum Gasteiger partial charge on any atom is -0.497 e. The lowest BCUT2D eigenvalue weighted by Crippen LogP contribution is -2.32. The van der Waals surface area contributed by atoms with Crippen LogP contribution in [0, 0.1) is 0 Å². The van der Waals surface area contributed by atoms with Crippen LogP contribution >= 0.6 is 0 Å². The van der Waals surface area contributed by atoms with E-state index < -0.39 is 6.10 Å². The van der Waals surface area contributed by atoms with E-state index in [1.165, 1.54) is 0 Å². The van der Waals surface area contributed by atoms with Crippen molar-refractivity contribution in [3.63, 3.8) is 0 Å². The number of hydrogen-bond donors (Lipinski definition) is 2. The molecule has 0 saturated heterocycles. The third kappa shape index (κ3) is 5.61. The molecule has 0 saturated carbocycles. The molecule has 0 aliphatic carbocycles. The van der Waals surface area contributed by atoms with Gasteiger partial charge in [0.25, 0.3) is 5.91 Å². The van der Waals surface area contributed by atoms with Crippen LogP contribution < -0.4 is 15.8 Å². The van der Waals surface area contributed by atoms with Crippen molar-refractivity contribution in [2.75, 3.05) is 31.4 Å². The Balaban J connectivity index is 2.56. The molecule has 6 heteroatoms. The first kappa shape index (κ1) is 17.3. The highest BCUT2D eigenvalue weighted by Gasteiger charge is 2.17. The molecule has 0 aliphatic heterocycles. The Morgan fingerprint density at radius 2 is 2.10 bits per heavy atom. The fourth-order valence-corrected chi connectivity index (χ4v) is 1.75. The second-order valence-electron chi connectivity index (χ2n) is 4.69. The topological polar surface area (TPSA) is 82.8 Å². The second-order valence-corrected chi connectivity index (χ2v) is 4.69. The third-order valence-electron chi connectivity index (χ3n) is 2.88. The fourth-order valence-electron chi connectivity index (χ4n) is 1.75. The van der Waals surface area contributed by atoms with Gasteiger partial charge in [-0.2, -0.15) is 0 Å². The Morgan fingerprint density at radius 1 is 1.38 bits per heavy atom. The van der Waals surface area contributed by atoms with Gasteiger partial charge in [-0.05, 0) is 32.9 Å². The van der Waals surface area contributed by atoms with E-state index in [1.807, 2.05) is 13.8 Å². The summed E-state index contributed by atoms with van der Waals surface area (Å²) in [6, 6.07) is 5.08. The van der Waals surface area contributed by atoms with Crippen molar-refractivity contribution >= 4 is 17.3 Å². The zero-order valence-electron chi connectivity index (χ0n) is 13.0. The number of nitrogen functional groups attached to an aromatic ring is 1. The van der Waals surface area contributed by atoms with Gasteiger partial charge >= 0.3 is 0 Å². The first-order chi connectivity index (χ1) is 9.97. The SMILES string of the molecule is CCOCC(C)OC(C)C(=O)Nc1ccc(OC)cc1N. The Labute approximate surface area is 125 Å². The average Bonchev–Trinajstić information content (AvgIpc) is 2.46. The largest absolute Gasteiger partial charge is 0.497 e. The third-order valence-corrected chi connectivity index (χ3v) is 2.88. The standard InChI is InChI=1S/C15H24N2O4/c1-5-20-9-10(2)21-11(3)15(18)17-14-7-6-12(19-4)8-13(14)16/h6-8,10-11H,5,9,16H2,1-4H3,(H,17,18). The summed E-state index contributed by atoms with van der Waals surface area (Å²) in [6.07, 6.45) is -0.749. The number of nitrogens with one attached hydrogen (secondary N) is 1. The maximum Gasteiger partial charge on any atom is 0.253 e. The van der Waals surface area contributed by atoms with E-state index in [2.05, 4.69) is 5.32 Å². The predicted octanol–water partition coefficient (Wildman–Crippen LogP) is 2.05. The summed E-state index contributed by atoms with van der Waals surface area (Å²) in [5.41, 5.74) is 6.83. The zero-order chi connectivity index (χ0) is 15.8. The Morgan fingerprint density at radius 3 is 2.67 bits per heavy atom. The van der Waals surface area contributed by atoms with Crippen LogP contribution in [0.4, 0.5) is 11.4 Å². The molecule has 2 atom stereocenters. The lowest BCUT2D eigenvalue weighted by atomic mass is 10.2. The van der Waals surface area contributed by atoms with Crippen molar-refractivity contribution in [3.8, 4) is 5.75 Å². The molecular weight excluding hydrogens is 272 g/mol.